The topological polar surface area (TPSA) is 20.2 Å². The van der Waals surface area contributed by atoms with E-state index in [1.807, 2.05) is 0 Å². The van der Waals surface area contributed by atoms with E-state index in [1.54, 1.807) is 0 Å². The second kappa shape index (κ2) is 6.78. The highest BCUT2D eigenvalue weighted by atomic mass is 127. The molecule has 4 rings (SSSR count). The third-order valence-electron chi connectivity index (χ3n) is 5.70. The fourth-order valence-electron chi connectivity index (χ4n) is 4.50. The quantitative estimate of drug-likeness (QED) is 0.421. The number of aryl methyl sites for hydroxylation is 3. The summed E-state index contributed by atoms with van der Waals surface area (Å²) in [5.74, 6) is 0.913. The van der Waals surface area contributed by atoms with Gasteiger partial charge in [-0.05, 0) is 137 Å². The molecule has 2 aliphatic rings. The highest BCUT2D eigenvalue weighted by Crippen LogP contribution is 2.46. The van der Waals surface area contributed by atoms with Gasteiger partial charge in [-0.2, -0.15) is 0 Å². The maximum atomic E-state index is 10.9. The van der Waals surface area contributed by atoms with Crippen LogP contribution in [-0.2, 0) is 19.3 Å². The largest absolute Gasteiger partial charge is 0.507 e. The Morgan fingerprint density at radius 2 is 1.62 bits per heavy atom. The molecule has 1 N–H and O–H groups in total. The van der Waals surface area contributed by atoms with Crippen molar-refractivity contribution in [1.82, 2.24) is 0 Å². The smallest absolute Gasteiger partial charge is 0.133 e. The Labute approximate surface area is 171 Å². The minimum absolute atomic E-state index is 0.367. The fraction of sp³-hybridized carbons (Fsp3) is 0.429. The van der Waals surface area contributed by atoms with Crippen molar-refractivity contribution < 1.29 is 5.11 Å². The average molecular weight is 544 g/mol. The molecule has 0 bridgehead atoms. The first-order valence-corrected chi connectivity index (χ1v) is 11.0. The van der Waals surface area contributed by atoms with Gasteiger partial charge < -0.3 is 5.11 Å². The minimum Gasteiger partial charge on any atom is -0.507 e. The highest BCUT2D eigenvalue weighted by Gasteiger charge is 2.30. The van der Waals surface area contributed by atoms with Crippen LogP contribution in [0.25, 0.3) is 0 Å². The van der Waals surface area contributed by atoms with E-state index in [4.69, 9.17) is 0 Å². The summed E-state index contributed by atoms with van der Waals surface area (Å²) < 4.78 is 2.39. The van der Waals surface area contributed by atoms with Crippen molar-refractivity contribution in [3.05, 3.63) is 58.7 Å². The molecule has 0 saturated carbocycles. The zero-order valence-electron chi connectivity index (χ0n) is 14.0. The molecule has 0 aromatic heterocycles. The summed E-state index contributed by atoms with van der Waals surface area (Å²) in [5, 5.41) is 10.9. The van der Waals surface area contributed by atoms with Crippen molar-refractivity contribution in [3.63, 3.8) is 0 Å². The molecule has 2 aromatic carbocycles. The summed E-state index contributed by atoms with van der Waals surface area (Å²) in [6.45, 7) is 2.21. The van der Waals surface area contributed by atoms with Crippen molar-refractivity contribution in [1.29, 1.82) is 0 Å². The number of rotatable bonds is 1. The Kier molecular flexibility index (Phi) is 4.84. The van der Waals surface area contributed by atoms with Gasteiger partial charge in [-0.3, -0.25) is 0 Å². The number of benzene rings is 2. The monoisotopic (exact) mass is 544 g/mol. The molecule has 24 heavy (non-hydrogen) atoms. The van der Waals surface area contributed by atoms with Crippen molar-refractivity contribution in [2.75, 3.05) is 0 Å². The molecule has 0 spiro atoms. The van der Waals surface area contributed by atoms with E-state index in [-0.39, 0.29) is 0 Å². The molecule has 0 unspecified atom stereocenters. The maximum absolute atomic E-state index is 10.9. The van der Waals surface area contributed by atoms with E-state index >= 15 is 0 Å². The van der Waals surface area contributed by atoms with Crippen LogP contribution in [0.15, 0.2) is 18.2 Å². The molecule has 2 aromatic rings. The Morgan fingerprint density at radius 3 is 2.46 bits per heavy atom. The van der Waals surface area contributed by atoms with Crippen LogP contribution in [0.2, 0.25) is 0 Å². The van der Waals surface area contributed by atoms with Crippen molar-refractivity contribution in [3.8, 4) is 5.75 Å². The standard InChI is InChI=1S/C21H22I2O/c1-12-9-17-14(10-18(12)22)6-4-8-16(17)20-15-7-3-2-5-13(15)11-19(23)21(20)24/h9-11,16,24H,2-8H2,1H3/t16-/m1/s1. The van der Waals surface area contributed by atoms with Gasteiger partial charge in [0, 0.05) is 15.1 Å². The third kappa shape index (κ3) is 2.89. The van der Waals surface area contributed by atoms with E-state index in [9.17, 15) is 5.11 Å². The predicted octanol–water partition coefficient (Wildman–Crippen LogP) is 6.26. The molecule has 126 valence electrons. The third-order valence-corrected chi connectivity index (χ3v) is 7.69. The summed E-state index contributed by atoms with van der Waals surface area (Å²) in [6.07, 6.45) is 8.39. The second-order valence-corrected chi connectivity index (χ2v) is 9.53. The van der Waals surface area contributed by atoms with E-state index < -0.39 is 0 Å². The van der Waals surface area contributed by atoms with Crippen molar-refractivity contribution in [2.24, 2.45) is 0 Å². The summed E-state index contributed by atoms with van der Waals surface area (Å²) in [5.41, 5.74) is 8.49. The zero-order chi connectivity index (χ0) is 16.8. The highest BCUT2D eigenvalue weighted by molar-refractivity contribution is 14.1. The van der Waals surface area contributed by atoms with Crippen LogP contribution in [-0.4, -0.2) is 5.11 Å². The number of hydrogen-bond acceptors (Lipinski definition) is 1. The van der Waals surface area contributed by atoms with Crippen LogP contribution in [0.3, 0.4) is 0 Å². The lowest BCUT2D eigenvalue weighted by Crippen LogP contribution is -2.17. The van der Waals surface area contributed by atoms with Gasteiger partial charge in [0.2, 0.25) is 0 Å². The predicted molar refractivity (Wildman–Crippen MR) is 116 cm³/mol. The number of halogens is 2. The number of phenols is 1. The number of hydrogen-bond donors (Lipinski definition) is 1. The Balaban J connectivity index is 1.92. The van der Waals surface area contributed by atoms with Crippen LogP contribution in [0, 0.1) is 14.1 Å². The van der Waals surface area contributed by atoms with Crippen LogP contribution in [0.5, 0.6) is 5.75 Å². The molecule has 1 nitrogen and oxygen atoms in total. The molecule has 0 heterocycles. The van der Waals surface area contributed by atoms with Gasteiger partial charge in [0.05, 0.1) is 3.57 Å². The molecule has 3 heteroatoms. The average Bonchev–Trinajstić information content (AvgIpc) is 2.57. The Hall–Kier alpha value is -0.300. The minimum atomic E-state index is 0.367. The van der Waals surface area contributed by atoms with Gasteiger partial charge in [0.15, 0.2) is 0 Å². The van der Waals surface area contributed by atoms with E-state index in [1.165, 1.54) is 69.1 Å². The number of fused-ring (bicyclic) bond motifs is 2. The van der Waals surface area contributed by atoms with Crippen molar-refractivity contribution >= 4 is 45.2 Å². The SMILES string of the molecule is Cc1cc2c(cc1I)CCC[C@H]2c1c(O)c(I)cc2c1CCCC2. The summed E-state index contributed by atoms with van der Waals surface area (Å²) in [7, 11) is 0. The first-order valence-electron chi connectivity index (χ1n) is 8.88. The van der Waals surface area contributed by atoms with Crippen LogP contribution in [0.1, 0.15) is 65.0 Å². The summed E-state index contributed by atoms with van der Waals surface area (Å²) in [4.78, 5) is 0. The lowest BCUT2D eigenvalue weighted by Gasteiger charge is -2.31. The molecule has 0 amide bonds. The lowest BCUT2D eigenvalue weighted by molar-refractivity contribution is 0.452. The molecule has 0 fully saturated rings. The maximum Gasteiger partial charge on any atom is 0.133 e. The van der Waals surface area contributed by atoms with Gasteiger partial charge in [-0.25, -0.2) is 0 Å². The van der Waals surface area contributed by atoms with Crippen LogP contribution in [0.4, 0.5) is 0 Å². The molecule has 0 radical (unpaired) electrons. The second-order valence-electron chi connectivity index (χ2n) is 7.21. The van der Waals surface area contributed by atoms with Gasteiger partial charge >= 0.3 is 0 Å². The molecule has 0 aliphatic heterocycles. The van der Waals surface area contributed by atoms with E-state index in [2.05, 4.69) is 70.3 Å². The van der Waals surface area contributed by atoms with E-state index in [0.717, 1.165) is 16.4 Å². The molecular weight excluding hydrogens is 522 g/mol. The first kappa shape index (κ1) is 17.1. The summed E-state index contributed by atoms with van der Waals surface area (Å²) >= 11 is 4.76. The Bertz CT molecular complexity index is 810. The van der Waals surface area contributed by atoms with Gasteiger partial charge in [0.25, 0.3) is 0 Å². The number of aromatic hydroxyl groups is 1. The molecule has 1 atom stereocenters. The van der Waals surface area contributed by atoms with Crippen LogP contribution < -0.4 is 0 Å². The summed E-state index contributed by atoms with van der Waals surface area (Å²) in [6, 6.07) is 6.97. The molecule has 0 saturated heterocycles. The van der Waals surface area contributed by atoms with E-state index in [0.29, 0.717) is 11.7 Å². The van der Waals surface area contributed by atoms with Crippen molar-refractivity contribution in [2.45, 2.75) is 57.8 Å². The lowest BCUT2D eigenvalue weighted by atomic mass is 9.74. The normalized spacial score (nSPS) is 19.7. The zero-order valence-corrected chi connectivity index (χ0v) is 18.3. The van der Waals surface area contributed by atoms with Gasteiger partial charge in [0.1, 0.15) is 5.75 Å². The Morgan fingerprint density at radius 1 is 0.917 bits per heavy atom. The molecular formula is C21H22I2O. The molecule has 2 aliphatic carbocycles. The number of phenolic OH excluding ortho intramolecular Hbond substituents is 1. The van der Waals surface area contributed by atoms with Gasteiger partial charge in [-0.1, -0.05) is 6.07 Å². The first-order chi connectivity index (χ1) is 11.6. The van der Waals surface area contributed by atoms with Crippen LogP contribution >= 0.6 is 45.2 Å². The fourth-order valence-corrected chi connectivity index (χ4v) is 5.70. The van der Waals surface area contributed by atoms with Gasteiger partial charge in [-0.15, -0.1) is 0 Å².